The first-order valence-electron chi connectivity index (χ1n) is 8.03. The maximum atomic E-state index is 12.8. The summed E-state index contributed by atoms with van der Waals surface area (Å²) in [5.74, 6) is 0.294. The van der Waals surface area contributed by atoms with E-state index in [0.29, 0.717) is 22.6 Å². The molecule has 0 radical (unpaired) electrons. The van der Waals surface area contributed by atoms with Crippen LogP contribution in [0.5, 0.6) is 5.75 Å². The second-order valence-corrected chi connectivity index (χ2v) is 6.77. The van der Waals surface area contributed by atoms with Crippen molar-refractivity contribution in [2.45, 2.75) is 47.1 Å². The number of nitrogens with one attached hydrogen (secondary N) is 1. The van der Waals surface area contributed by atoms with E-state index in [2.05, 4.69) is 5.32 Å². The third-order valence-electron chi connectivity index (χ3n) is 4.61. The summed E-state index contributed by atoms with van der Waals surface area (Å²) in [5.41, 5.74) is 2.22. The Labute approximate surface area is 143 Å². The van der Waals surface area contributed by atoms with E-state index >= 15 is 0 Å². The van der Waals surface area contributed by atoms with Crippen LogP contribution in [0.25, 0.3) is 5.57 Å². The van der Waals surface area contributed by atoms with Gasteiger partial charge < -0.3 is 14.8 Å². The van der Waals surface area contributed by atoms with Crippen LogP contribution in [-0.2, 0) is 14.3 Å². The van der Waals surface area contributed by atoms with Crippen LogP contribution in [0.4, 0.5) is 0 Å². The van der Waals surface area contributed by atoms with Crippen molar-refractivity contribution in [3.05, 3.63) is 34.6 Å². The van der Waals surface area contributed by atoms with Gasteiger partial charge in [-0.25, -0.2) is 0 Å². The van der Waals surface area contributed by atoms with Crippen molar-refractivity contribution in [1.29, 1.82) is 0 Å². The highest BCUT2D eigenvalue weighted by atomic mass is 16.5. The van der Waals surface area contributed by atoms with Gasteiger partial charge in [0.1, 0.15) is 11.5 Å². The fourth-order valence-corrected chi connectivity index (χ4v) is 3.06. The minimum atomic E-state index is -0.750. The third kappa shape index (κ3) is 2.90. The summed E-state index contributed by atoms with van der Waals surface area (Å²) in [5, 5.41) is 2.98. The number of aryl methyl sites for hydroxylation is 2. The molecule has 1 atom stereocenters. The Morgan fingerprint density at radius 3 is 2.38 bits per heavy atom. The largest absolute Gasteiger partial charge is 0.496 e. The van der Waals surface area contributed by atoms with Crippen LogP contribution in [0.2, 0.25) is 0 Å². The Kier molecular flexibility index (Phi) is 4.74. The van der Waals surface area contributed by atoms with E-state index in [-0.39, 0.29) is 11.8 Å². The van der Waals surface area contributed by atoms with Crippen LogP contribution in [0.15, 0.2) is 17.9 Å². The molecule has 1 aromatic rings. The Bertz CT molecular complexity index is 733. The normalized spacial score (nSPS) is 20.4. The van der Waals surface area contributed by atoms with Gasteiger partial charge in [0.05, 0.1) is 18.2 Å². The molecule has 0 saturated carbocycles. The molecule has 0 aliphatic carbocycles. The molecular formula is C19H25NO4. The number of carbonyl (C=O) groups excluding carboxylic acids is 2. The number of benzene rings is 1. The molecule has 0 saturated heterocycles. The predicted molar refractivity (Wildman–Crippen MR) is 92.5 cm³/mol. The predicted octanol–water partition coefficient (Wildman–Crippen LogP) is 3.13. The summed E-state index contributed by atoms with van der Waals surface area (Å²) in [7, 11) is 1.57. The first-order valence-corrected chi connectivity index (χ1v) is 8.03. The number of carbonyl (C=O) groups is 2. The summed E-state index contributed by atoms with van der Waals surface area (Å²) in [6.45, 7) is 11.1. The average molecular weight is 331 g/mol. The topological polar surface area (TPSA) is 64.6 Å². The molecule has 1 aromatic carbocycles. The van der Waals surface area contributed by atoms with Crippen LogP contribution < -0.4 is 10.1 Å². The van der Waals surface area contributed by atoms with E-state index in [0.717, 1.165) is 11.1 Å². The van der Waals surface area contributed by atoms with Gasteiger partial charge >= 0.3 is 5.97 Å². The number of esters is 1. The van der Waals surface area contributed by atoms with E-state index < -0.39 is 11.5 Å². The minimum Gasteiger partial charge on any atom is -0.496 e. The zero-order valence-electron chi connectivity index (χ0n) is 15.4. The lowest BCUT2D eigenvalue weighted by Gasteiger charge is -2.31. The summed E-state index contributed by atoms with van der Waals surface area (Å²) in [6, 6.07) is 3.85. The number of rotatable bonds is 4. The Morgan fingerprint density at radius 2 is 1.88 bits per heavy atom. The fourth-order valence-electron chi connectivity index (χ4n) is 3.06. The minimum absolute atomic E-state index is 0.0463. The van der Waals surface area contributed by atoms with E-state index in [1.165, 1.54) is 6.92 Å². The third-order valence-corrected chi connectivity index (χ3v) is 4.61. The Morgan fingerprint density at radius 1 is 1.25 bits per heavy atom. The summed E-state index contributed by atoms with van der Waals surface area (Å²) >= 11 is 0. The number of amides is 1. The van der Waals surface area contributed by atoms with Crippen LogP contribution >= 0.6 is 0 Å². The van der Waals surface area contributed by atoms with E-state index in [9.17, 15) is 9.59 Å². The highest BCUT2D eigenvalue weighted by Gasteiger charge is 2.47. The van der Waals surface area contributed by atoms with Gasteiger partial charge in [-0.2, -0.15) is 0 Å². The van der Waals surface area contributed by atoms with Gasteiger partial charge in [0, 0.05) is 12.5 Å². The quantitative estimate of drug-likeness (QED) is 0.861. The molecule has 1 amide bonds. The van der Waals surface area contributed by atoms with Crippen molar-refractivity contribution in [2.75, 3.05) is 7.11 Å². The monoisotopic (exact) mass is 331 g/mol. The molecule has 0 fully saturated rings. The molecule has 0 bridgehead atoms. The summed E-state index contributed by atoms with van der Waals surface area (Å²) in [4.78, 5) is 24.4. The standard InChI is InChI=1S/C19H25NO4/c1-10(2)19(6)17(24-13(5)21)16(18(22)20-19)15-12(4)8-11(3)9-14(15)23-7/h8-10H,1-7H3,(H,20,22). The number of hydrogen-bond donors (Lipinski definition) is 1. The first kappa shape index (κ1) is 18.0. The lowest BCUT2D eigenvalue weighted by atomic mass is 9.85. The van der Waals surface area contributed by atoms with E-state index in [4.69, 9.17) is 9.47 Å². The summed E-state index contributed by atoms with van der Waals surface area (Å²) < 4.78 is 11.0. The zero-order chi connectivity index (χ0) is 18.2. The molecule has 1 N–H and O–H groups in total. The van der Waals surface area contributed by atoms with Crippen LogP contribution in [0.1, 0.15) is 44.4 Å². The molecule has 1 unspecified atom stereocenters. The Hall–Kier alpha value is -2.30. The smallest absolute Gasteiger partial charge is 0.307 e. The van der Waals surface area contributed by atoms with E-state index in [1.807, 2.05) is 46.8 Å². The SMILES string of the molecule is COc1cc(C)cc(C)c1C1=C(OC(C)=O)C(C)(C(C)C)NC1=O. The highest BCUT2D eigenvalue weighted by molar-refractivity contribution is 6.24. The molecule has 130 valence electrons. The van der Waals surface area contributed by atoms with Crippen molar-refractivity contribution < 1.29 is 19.1 Å². The van der Waals surface area contributed by atoms with Crippen molar-refractivity contribution in [3.63, 3.8) is 0 Å². The number of methoxy groups -OCH3 is 1. The van der Waals surface area contributed by atoms with Gasteiger partial charge in [0.25, 0.3) is 5.91 Å². The molecule has 1 heterocycles. The zero-order valence-corrected chi connectivity index (χ0v) is 15.4. The van der Waals surface area contributed by atoms with Crippen molar-refractivity contribution in [2.24, 2.45) is 5.92 Å². The molecule has 0 spiro atoms. The average Bonchev–Trinajstić information content (AvgIpc) is 2.70. The number of ether oxygens (including phenoxy) is 2. The maximum Gasteiger partial charge on any atom is 0.307 e. The van der Waals surface area contributed by atoms with Gasteiger partial charge in [-0.15, -0.1) is 0 Å². The molecule has 5 heteroatoms. The van der Waals surface area contributed by atoms with Crippen molar-refractivity contribution in [1.82, 2.24) is 5.32 Å². The van der Waals surface area contributed by atoms with Gasteiger partial charge in [-0.3, -0.25) is 9.59 Å². The second-order valence-electron chi connectivity index (χ2n) is 6.77. The van der Waals surface area contributed by atoms with Crippen LogP contribution in [0.3, 0.4) is 0 Å². The highest BCUT2D eigenvalue weighted by Crippen LogP contribution is 2.42. The lowest BCUT2D eigenvalue weighted by molar-refractivity contribution is -0.138. The second kappa shape index (κ2) is 6.30. The molecule has 2 rings (SSSR count). The molecular weight excluding hydrogens is 306 g/mol. The maximum absolute atomic E-state index is 12.8. The van der Waals surface area contributed by atoms with E-state index in [1.54, 1.807) is 7.11 Å². The molecule has 1 aliphatic heterocycles. The van der Waals surface area contributed by atoms with Crippen LogP contribution in [-0.4, -0.2) is 24.5 Å². The number of hydrogen-bond acceptors (Lipinski definition) is 4. The van der Waals surface area contributed by atoms with Gasteiger partial charge in [-0.05, 0) is 43.9 Å². The fraction of sp³-hybridized carbons (Fsp3) is 0.474. The lowest BCUT2D eigenvalue weighted by Crippen LogP contribution is -2.46. The van der Waals surface area contributed by atoms with Crippen molar-refractivity contribution in [3.8, 4) is 5.75 Å². The Balaban J connectivity index is 2.81. The molecule has 1 aliphatic rings. The molecule has 0 aromatic heterocycles. The van der Waals surface area contributed by atoms with Gasteiger partial charge in [0.2, 0.25) is 0 Å². The molecule has 24 heavy (non-hydrogen) atoms. The molecule has 5 nitrogen and oxygen atoms in total. The van der Waals surface area contributed by atoms with Gasteiger partial charge in [0.15, 0.2) is 0 Å². The first-order chi connectivity index (χ1) is 11.1. The van der Waals surface area contributed by atoms with Crippen LogP contribution in [0, 0.1) is 19.8 Å². The van der Waals surface area contributed by atoms with Crippen molar-refractivity contribution >= 4 is 17.4 Å². The van der Waals surface area contributed by atoms with Gasteiger partial charge in [-0.1, -0.05) is 19.9 Å². The summed E-state index contributed by atoms with van der Waals surface area (Å²) in [6.07, 6.45) is 0.